The first-order chi connectivity index (χ1) is 14.9. The van der Waals surface area contributed by atoms with Crippen molar-refractivity contribution in [3.63, 3.8) is 0 Å². The van der Waals surface area contributed by atoms with Crippen molar-refractivity contribution in [3.05, 3.63) is 42.5 Å². The highest BCUT2D eigenvalue weighted by Crippen LogP contribution is 2.33. The quantitative estimate of drug-likeness (QED) is 0.673. The Labute approximate surface area is 180 Å². The van der Waals surface area contributed by atoms with Gasteiger partial charge in [-0.3, -0.25) is 4.79 Å². The van der Waals surface area contributed by atoms with Crippen molar-refractivity contribution in [1.82, 2.24) is 19.5 Å². The SMILES string of the molecule is COc1ccc(F)cc1-c1cnn2ccc(N3CCN(C(=O)[C@@H](N)C(C)C)CC3)nc12. The van der Waals surface area contributed by atoms with E-state index in [0.29, 0.717) is 48.7 Å². The molecule has 3 heterocycles. The number of benzene rings is 1. The van der Waals surface area contributed by atoms with Gasteiger partial charge in [-0.2, -0.15) is 5.10 Å². The van der Waals surface area contributed by atoms with Gasteiger partial charge < -0.3 is 20.3 Å². The van der Waals surface area contributed by atoms with Crippen LogP contribution >= 0.6 is 0 Å². The van der Waals surface area contributed by atoms with Crippen molar-refractivity contribution >= 4 is 17.4 Å². The van der Waals surface area contributed by atoms with Gasteiger partial charge in [-0.15, -0.1) is 0 Å². The highest BCUT2D eigenvalue weighted by Gasteiger charge is 2.27. The van der Waals surface area contributed by atoms with Crippen molar-refractivity contribution in [2.75, 3.05) is 38.2 Å². The second-order valence-electron chi connectivity index (χ2n) is 8.04. The highest BCUT2D eigenvalue weighted by atomic mass is 19.1. The first kappa shape index (κ1) is 21.0. The van der Waals surface area contributed by atoms with Crippen molar-refractivity contribution in [3.8, 4) is 16.9 Å². The Morgan fingerprint density at radius 3 is 2.58 bits per heavy atom. The number of carbonyl (C=O) groups excluding carboxylic acids is 1. The minimum atomic E-state index is -0.475. The zero-order chi connectivity index (χ0) is 22.1. The van der Waals surface area contributed by atoms with E-state index in [2.05, 4.69) is 10.00 Å². The molecule has 2 aromatic heterocycles. The summed E-state index contributed by atoms with van der Waals surface area (Å²) in [7, 11) is 1.55. The fraction of sp³-hybridized carbons (Fsp3) is 0.409. The van der Waals surface area contributed by atoms with Crippen LogP contribution in [0.3, 0.4) is 0 Å². The third kappa shape index (κ3) is 4.05. The van der Waals surface area contributed by atoms with E-state index in [0.717, 1.165) is 5.82 Å². The summed E-state index contributed by atoms with van der Waals surface area (Å²) in [5, 5.41) is 4.35. The van der Waals surface area contributed by atoms with Crippen LogP contribution < -0.4 is 15.4 Å². The molecule has 0 saturated carbocycles. The third-order valence-electron chi connectivity index (χ3n) is 5.72. The van der Waals surface area contributed by atoms with Crippen molar-refractivity contribution in [2.45, 2.75) is 19.9 Å². The molecule has 8 nitrogen and oxygen atoms in total. The summed E-state index contributed by atoms with van der Waals surface area (Å²) < 4.78 is 21.0. The lowest BCUT2D eigenvalue weighted by molar-refractivity contribution is -0.133. The molecule has 1 aliphatic heterocycles. The van der Waals surface area contributed by atoms with Crippen LogP contribution in [0, 0.1) is 11.7 Å². The summed E-state index contributed by atoms with van der Waals surface area (Å²) in [5.74, 6) is 1.08. The van der Waals surface area contributed by atoms with Gasteiger partial charge in [0.15, 0.2) is 5.65 Å². The van der Waals surface area contributed by atoms with E-state index in [-0.39, 0.29) is 17.6 Å². The molecule has 0 spiro atoms. The zero-order valence-corrected chi connectivity index (χ0v) is 18.0. The Morgan fingerprint density at radius 1 is 1.16 bits per heavy atom. The topological polar surface area (TPSA) is 89.0 Å². The lowest BCUT2D eigenvalue weighted by Crippen LogP contribution is -2.54. The van der Waals surface area contributed by atoms with Crippen LogP contribution in [-0.4, -0.2) is 64.7 Å². The molecule has 164 valence electrons. The van der Waals surface area contributed by atoms with Crippen LogP contribution in [0.1, 0.15) is 13.8 Å². The summed E-state index contributed by atoms with van der Waals surface area (Å²) in [5.41, 5.74) is 7.93. The Hall–Kier alpha value is -3.20. The summed E-state index contributed by atoms with van der Waals surface area (Å²) >= 11 is 0. The maximum atomic E-state index is 13.9. The number of hydrogen-bond donors (Lipinski definition) is 1. The van der Waals surface area contributed by atoms with Gasteiger partial charge in [-0.05, 0) is 30.2 Å². The van der Waals surface area contributed by atoms with Crippen LogP contribution in [0.2, 0.25) is 0 Å². The molecule has 1 aromatic carbocycles. The van der Waals surface area contributed by atoms with Crippen LogP contribution in [0.15, 0.2) is 36.7 Å². The van der Waals surface area contributed by atoms with E-state index in [4.69, 9.17) is 15.5 Å². The van der Waals surface area contributed by atoms with Gasteiger partial charge in [0.2, 0.25) is 5.91 Å². The molecular formula is C22H27FN6O2. The van der Waals surface area contributed by atoms with Crippen LogP contribution in [0.4, 0.5) is 10.2 Å². The number of piperazine rings is 1. The predicted octanol–water partition coefficient (Wildman–Crippen LogP) is 2.18. The minimum absolute atomic E-state index is 0.00524. The molecule has 1 atom stereocenters. The summed E-state index contributed by atoms with van der Waals surface area (Å²) in [6, 6.07) is 5.79. The molecule has 0 bridgehead atoms. The molecule has 1 fully saturated rings. The van der Waals surface area contributed by atoms with Crippen LogP contribution in [-0.2, 0) is 4.79 Å². The molecule has 4 rings (SSSR count). The van der Waals surface area contributed by atoms with Gasteiger partial charge >= 0.3 is 0 Å². The summed E-state index contributed by atoms with van der Waals surface area (Å²) in [6.45, 7) is 6.41. The lowest BCUT2D eigenvalue weighted by Gasteiger charge is -2.37. The molecule has 1 amide bonds. The van der Waals surface area contributed by atoms with Gasteiger partial charge in [0, 0.05) is 37.9 Å². The normalized spacial score (nSPS) is 15.5. The molecule has 1 aliphatic rings. The second-order valence-corrected chi connectivity index (χ2v) is 8.04. The Morgan fingerprint density at radius 2 is 1.90 bits per heavy atom. The maximum Gasteiger partial charge on any atom is 0.239 e. The molecule has 0 unspecified atom stereocenters. The number of halogens is 1. The first-order valence-corrected chi connectivity index (χ1v) is 10.4. The lowest BCUT2D eigenvalue weighted by atomic mass is 10.0. The van der Waals surface area contributed by atoms with E-state index in [1.165, 1.54) is 12.1 Å². The maximum absolute atomic E-state index is 13.9. The average Bonchev–Trinajstić information content (AvgIpc) is 3.21. The largest absolute Gasteiger partial charge is 0.496 e. The Kier molecular flexibility index (Phi) is 5.77. The van der Waals surface area contributed by atoms with E-state index >= 15 is 0 Å². The fourth-order valence-corrected chi connectivity index (χ4v) is 3.77. The highest BCUT2D eigenvalue weighted by molar-refractivity contribution is 5.83. The number of fused-ring (bicyclic) bond motifs is 1. The van der Waals surface area contributed by atoms with Gasteiger partial charge in [0.05, 0.1) is 24.9 Å². The molecule has 3 aromatic rings. The number of hydrogen-bond acceptors (Lipinski definition) is 6. The Balaban J connectivity index is 1.58. The fourth-order valence-electron chi connectivity index (χ4n) is 3.77. The number of nitrogens with two attached hydrogens (primary N) is 1. The molecule has 2 N–H and O–H groups in total. The number of nitrogens with zero attached hydrogens (tertiary/aromatic N) is 5. The smallest absolute Gasteiger partial charge is 0.239 e. The number of anilines is 1. The second kappa shape index (κ2) is 8.50. The predicted molar refractivity (Wildman–Crippen MR) is 117 cm³/mol. The molecule has 0 aliphatic carbocycles. The number of ether oxygens (including phenoxy) is 1. The molecule has 1 saturated heterocycles. The van der Waals surface area contributed by atoms with Crippen LogP contribution in [0.5, 0.6) is 5.75 Å². The van der Waals surface area contributed by atoms with E-state index in [1.54, 1.807) is 23.9 Å². The van der Waals surface area contributed by atoms with Crippen molar-refractivity contribution in [2.24, 2.45) is 11.7 Å². The van der Waals surface area contributed by atoms with Crippen LogP contribution in [0.25, 0.3) is 16.8 Å². The number of rotatable bonds is 5. The number of aromatic nitrogens is 3. The molecule has 31 heavy (non-hydrogen) atoms. The standard InChI is InChI=1S/C22H27FN6O2/c1-14(2)20(24)22(30)28-10-8-27(9-11-28)19-6-7-29-21(26-19)17(13-25-29)16-12-15(23)4-5-18(16)31-3/h4-7,12-14,20H,8-11,24H2,1-3H3/t20-/m0/s1. The van der Waals surface area contributed by atoms with E-state index in [1.807, 2.05) is 31.0 Å². The minimum Gasteiger partial charge on any atom is -0.496 e. The molecule has 0 radical (unpaired) electrons. The number of methoxy groups -OCH3 is 1. The van der Waals surface area contributed by atoms with Gasteiger partial charge in [0.25, 0.3) is 0 Å². The van der Waals surface area contributed by atoms with E-state index in [9.17, 15) is 9.18 Å². The number of amides is 1. The van der Waals surface area contributed by atoms with E-state index < -0.39 is 6.04 Å². The van der Waals surface area contributed by atoms with Gasteiger partial charge in [0.1, 0.15) is 17.4 Å². The van der Waals surface area contributed by atoms with Gasteiger partial charge in [-0.25, -0.2) is 13.9 Å². The monoisotopic (exact) mass is 426 g/mol. The third-order valence-corrected chi connectivity index (χ3v) is 5.72. The first-order valence-electron chi connectivity index (χ1n) is 10.4. The molecule has 9 heteroatoms. The molecular weight excluding hydrogens is 399 g/mol. The summed E-state index contributed by atoms with van der Waals surface area (Å²) in [4.78, 5) is 21.3. The Bertz CT molecular complexity index is 1090. The summed E-state index contributed by atoms with van der Waals surface area (Å²) in [6.07, 6.45) is 3.49. The van der Waals surface area contributed by atoms with Crippen molar-refractivity contribution in [1.29, 1.82) is 0 Å². The zero-order valence-electron chi connectivity index (χ0n) is 18.0. The van der Waals surface area contributed by atoms with Crippen molar-refractivity contribution < 1.29 is 13.9 Å². The number of carbonyl (C=O) groups is 1. The average molecular weight is 426 g/mol. The van der Waals surface area contributed by atoms with Gasteiger partial charge in [-0.1, -0.05) is 13.8 Å².